The van der Waals surface area contributed by atoms with Crippen molar-refractivity contribution < 1.29 is 9.90 Å². The molecule has 2 N–H and O–H groups in total. The number of nitrogens with one attached hydrogen (secondary N) is 1. The molecule has 0 bridgehead atoms. The minimum absolute atomic E-state index is 0.529. The second-order valence-corrected chi connectivity index (χ2v) is 5.09. The van der Waals surface area contributed by atoms with Gasteiger partial charge in [-0.1, -0.05) is 12.5 Å². The van der Waals surface area contributed by atoms with Crippen LogP contribution in [0.3, 0.4) is 0 Å². The van der Waals surface area contributed by atoms with Crippen LogP contribution < -0.4 is 5.32 Å². The standard InChI is InChI=1S/C14H19NO2/c1-10-4-5-12(8-11(10)2)15-9-14(13(16)17)6-3-7-14/h4-5,8,15H,3,6-7,9H2,1-2H3,(H,16,17). The van der Waals surface area contributed by atoms with E-state index in [0.717, 1.165) is 24.9 Å². The predicted octanol–water partition coefficient (Wildman–Crippen LogP) is 2.97. The van der Waals surface area contributed by atoms with Crippen molar-refractivity contribution in [3.8, 4) is 0 Å². The number of benzene rings is 1. The molecule has 1 saturated carbocycles. The number of carboxylic acid groups (broad SMARTS) is 1. The van der Waals surface area contributed by atoms with E-state index < -0.39 is 11.4 Å². The fraction of sp³-hybridized carbons (Fsp3) is 0.500. The Labute approximate surface area is 102 Å². The van der Waals surface area contributed by atoms with Crippen LogP contribution in [-0.4, -0.2) is 17.6 Å². The highest BCUT2D eigenvalue weighted by Gasteiger charge is 2.44. The molecule has 0 saturated heterocycles. The Morgan fingerprint density at radius 3 is 2.53 bits per heavy atom. The molecule has 1 aliphatic carbocycles. The van der Waals surface area contributed by atoms with E-state index in [0.29, 0.717) is 6.54 Å². The summed E-state index contributed by atoms with van der Waals surface area (Å²) in [5, 5.41) is 12.5. The van der Waals surface area contributed by atoms with Gasteiger partial charge >= 0.3 is 5.97 Å². The number of rotatable bonds is 4. The summed E-state index contributed by atoms with van der Waals surface area (Å²) in [6, 6.07) is 6.14. The number of aliphatic carboxylic acids is 1. The van der Waals surface area contributed by atoms with Crippen molar-refractivity contribution in [2.75, 3.05) is 11.9 Å². The Morgan fingerprint density at radius 2 is 2.06 bits per heavy atom. The average Bonchev–Trinajstić information content (AvgIpc) is 2.21. The van der Waals surface area contributed by atoms with Gasteiger partial charge in [-0.2, -0.15) is 0 Å². The van der Waals surface area contributed by atoms with E-state index in [4.69, 9.17) is 0 Å². The van der Waals surface area contributed by atoms with Gasteiger partial charge in [0.2, 0.25) is 0 Å². The lowest BCUT2D eigenvalue weighted by Gasteiger charge is -2.37. The van der Waals surface area contributed by atoms with Crippen LogP contribution in [0.25, 0.3) is 0 Å². The minimum Gasteiger partial charge on any atom is -0.481 e. The third kappa shape index (κ3) is 2.28. The van der Waals surface area contributed by atoms with E-state index in [1.54, 1.807) is 0 Å². The largest absolute Gasteiger partial charge is 0.481 e. The minimum atomic E-state index is -0.667. The van der Waals surface area contributed by atoms with Crippen molar-refractivity contribution in [2.24, 2.45) is 5.41 Å². The number of anilines is 1. The van der Waals surface area contributed by atoms with Gasteiger partial charge < -0.3 is 10.4 Å². The molecule has 1 fully saturated rings. The van der Waals surface area contributed by atoms with Gasteiger partial charge in [-0.15, -0.1) is 0 Å². The van der Waals surface area contributed by atoms with Gasteiger partial charge in [-0.05, 0) is 49.9 Å². The summed E-state index contributed by atoms with van der Waals surface area (Å²) in [5.41, 5.74) is 2.97. The number of carbonyl (C=O) groups is 1. The van der Waals surface area contributed by atoms with Crippen molar-refractivity contribution in [3.05, 3.63) is 29.3 Å². The average molecular weight is 233 g/mol. The predicted molar refractivity (Wildman–Crippen MR) is 68.3 cm³/mol. The van der Waals surface area contributed by atoms with Crippen LogP contribution in [0, 0.1) is 19.3 Å². The second kappa shape index (κ2) is 4.40. The summed E-state index contributed by atoms with van der Waals surface area (Å²) in [6.45, 7) is 4.67. The fourth-order valence-electron chi connectivity index (χ4n) is 2.19. The SMILES string of the molecule is Cc1ccc(NCC2(C(=O)O)CCC2)cc1C. The Bertz CT molecular complexity index is 436. The maximum Gasteiger partial charge on any atom is 0.311 e. The number of carboxylic acids is 1. The van der Waals surface area contributed by atoms with Crippen LogP contribution >= 0.6 is 0 Å². The zero-order valence-corrected chi connectivity index (χ0v) is 10.4. The number of hydrogen-bond donors (Lipinski definition) is 2. The first-order valence-corrected chi connectivity index (χ1v) is 6.08. The molecule has 17 heavy (non-hydrogen) atoms. The van der Waals surface area contributed by atoms with Gasteiger partial charge in [0, 0.05) is 12.2 Å². The van der Waals surface area contributed by atoms with E-state index in [2.05, 4.69) is 31.3 Å². The maximum absolute atomic E-state index is 11.2. The normalized spacial score (nSPS) is 17.3. The molecule has 3 heteroatoms. The van der Waals surface area contributed by atoms with Crippen molar-refractivity contribution in [1.82, 2.24) is 0 Å². The summed E-state index contributed by atoms with van der Waals surface area (Å²) >= 11 is 0. The van der Waals surface area contributed by atoms with Gasteiger partial charge in [0.25, 0.3) is 0 Å². The molecular weight excluding hydrogens is 214 g/mol. The molecule has 3 nitrogen and oxygen atoms in total. The van der Waals surface area contributed by atoms with Crippen LogP contribution in [0.2, 0.25) is 0 Å². The van der Waals surface area contributed by atoms with Crippen molar-refractivity contribution in [2.45, 2.75) is 33.1 Å². The third-order valence-electron chi connectivity index (χ3n) is 3.90. The summed E-state index contributed by atoms with van der Waals surface area (Å²) in [5.74, 6) is -0.667. The summed E-state index contributed by atoms with van der Waals surface area (Å²) in [6.07, 6.45) is 2.61. The van der Waals surface area contributed by atoms with Gasteiger partial charge in [0.15, 0.2) is 0 Å². The Balaban J connectivity index is 2.02. The molecule has 0 unspecified atom stereocenters. The molecule has 1 aliphatic rings. The van der Waals surface area contributed by atoms with Gasteiger partial charge in [-0.3, -0.25) is 4.79 Å². The lowest BCUT2D eigenvalue weighted by Crippen LogP contribution is -2.43. The smallest absolute Gasteiger partial charge is 0.311 e. The number of hydrogen-bond acceptors (Lipinski definition) is 2. The van der Waals surface area contributed by atoms with E-state index in [1.165, 1.54) is 11.1 Å². The monoisotopic (exact) mass is 233 g/mol. The summed E-state index contributed by atoms with van der Waals surface area (Å²) < 4.78 is 0. The van der Waals surface area contributed by atoms with E-state index in [-0.39, 0.29) is 0 Å². The first-order chi connectivity index (χ1) is 8.03. The zero-order chi connectivity index (χ0) is 12.5. The highest BCUT2D eigenvalue weighted by atomic mass is 16.4. The van der Waals surface area contributed by atoms with Gasteiger partial charge in [0.1, 0.15) is 0 Å². The van der Waals surface area contributed by atoms with E-state index in [1.807, 2.05) is 6.07 Å². The quantitative estimate of drug-likeness (QED) is 0.840. The molecule has 1 aromatic carbocycles. The molecule has 0 atom stereocenters. The van der Waals surface area contributed by atoms with Crippen LogP contribution in [0.15, 0.2) is 18.2 Å². The number of aryl methyl sites for hydroxylation is 2. The van der Waals surface area contributed by atoms with Crippen molar-refractivity contribution in [1.29, 1.82) is 0 Å². The van der Waals surface area contributed by atoms with E-state index >= 15 is 0 Å². The highest BCUT2D eigenvalue weighted by Crippen LogP contribution is 2.41. The maximum atomic E-state index is 11.2. The van der Waals surface area contributed by atoms with Crippen LogP contribution in [0.4, 0.5) is 5.69 Å². The van der Waals surface area contributed by atoms with Crippen LogP contribution in [0.5, 0.6) is 0 Å². The van der Waals surface area contributed by atoms with Gasteiger partial charge in [-0.25, -0.2) is 0 Å². The van der Waals surface area contributed by atoms with E-state index in [9.17, 15) is 9.90 Å². The van der Waals surface area contributed by atoms with Crippen LogP contribution in [-0.2, 0) is 4.79 Å². The lowest BCUT2D eigenvalue weighted by molar-refractivity contribution is -0.153. The third-order valence-corrected chi connectivity index (χ3v) is 3.90. The topological polar surface area (TPSA) is 49.3 Å². The Hall–Kier alpha value is -1.51. The molecule has 0 radical (unpaired) electrons. The molecule has 0 spiro atoms. The second-order valence-electron chi connectivity index (χ2n) is 5.09. The molecule has 0 aromatic heterocycles. The zero-order valence-electron chi connectivity index (χ0n) is 10.4. The molecule has 92 valence electrons. The first kappa shape index (κ1) is 12.0. The molecule has 2 rings (SSSR count). The highest BCUT2D eigenvalue weighted by molar-refractivity contribution is 5.76. The molecule has 0 heterocycles. The molecule has 0 amide bonds. The first-order valence-electron chi connectivity index (χ1n) is 6.08. The fourth-order valence-corrected chi connectivity index (χ4v) is 2.19. The Morgan fingerprint density at radius 1 is 1.35 bits per heavy atom. The summed E-state index contributed by atoms with van der Waals surface area (Å²) in [7, 11) is 0. The Kier molecular flexibility index (Phi) is 3.09. The molecular formula is C14H19NO2. The van der Waals surface area contributed by atoms with Crippen LogP contribution in [0.1, 0.15) is 30.4 Å². The lowest BCUT2D eigenvalue weighted by atomic mass is 9.69. The molecule has 0 aliphatic heterocycles. The van der Waals surface area contributed by atoms with Crippen molar-refractivity contribution in [3.63, 3.8) is 0 Å². The summed E-state index contributed by atoms with van der Waals surface area (Å²) in [4.78, 5) is 11.2. The van der Waals surface area contributed by atoms with Crippen molar-refractivity contribution >= 4 is 11.7 Å². The molecule has 1 aromatic rings. The van der Waals surface area contributed by atoms with Gasteiger partial charge in [0.05, 0.1) is 5.41 Å².